The highest BCUT2D eigenvalue weighted by molar-refractivity contribution is 7.17. The highest BCUT2D eigenvalue weighted by Crippen LogP contribution is 2.38. The van der Waals surface area contributed by atoms with Crippen LogP contribution in [0.5, 0.6) is 5.75 Å². The second-order valence-electron chi connectivity index (χ2n) is 7.38. The molecule has 2 heterocycles. The minimum Gasteiger partial charge on any atom is -0.481 e. The van der Waals surface area contributed by atoms with Gasteiger partial charge in [0.2, 0.25) is 0 Å². The minimum absolute atomic E-state index is 0.238. The lowest BCUT2D eigenvalue weighted by atomic mass is 9.95. The lowest BCUT2D eigenvalue weighted by molar-refractivity contribution is -0.122. The summed E-state index contributed by atoms with van der Waals surface area (Å²) in [5.41, 5.74) is 1.53. The van der Waals surface area contributed by atoms with Crippen LogP contribution in [-0.2, 0) is 24.2 Å². The third-order valence-corrected chi connectivity index (χ3v) is 6.34. The number of anilines is 1. The average molecular weight is 443 g/mol. The lowest BCUT2D eigenvalue weighted by Gasteiger charge is -2.15. The van der Waals surface area contributed by atoms with Crippen molar-refractivity contribution >= 4 is 28.2 Å². The van der Waals surface area contributed by atoms with Gasteiger partial charge in [-0.05, 0) is 74.6 Å². The van der Waals surface area contributed by atoms with Crippen LogP contribution in [0.4, 0.5) is 9.39 Å². The van der Waals surface area contributed by atoms with Gasteiger partial charge in [-0.15, -0.1) is 11.3 Å². The average Bonchev–Trinajstić information content (AvgIpc) is 3.41. The predicted molar refractivity (Wildman–Crippen MR) is 116 cm³/mol. The van der Waals surface area contributed by atoms with Gasteiger partial charge in [0.05, 0.1) is 18.4 Å². The van der Waals surface area contributed by atoms with Crippen molar-refractivity contribution in [1.82, 2.24) is 5.32 Å². The Kier molecular flexibility index (Phi) is 6.36. The Morgan fingerprint density at radius 2 is 1.97 bits per heavy atom. The van der Waals surface area contributed by atoms with Crippen LogP contribution >= 0.6 is 11.3 Å². The molecule has 6 nitrogen and oxygen atoms in total. The topological polar surface area (TPSA) is 80.6 Å². The Balaban J connectivity index is 1.50. The molecule has 1 aliphatic rings. The molecule has 0 saturated heterocycles. The number of halogens is 1. The minimum atomic E-state index is -0.816. The molecule has 2 aromatic heterocycles. The van der Waals surface area contributed by atoms with Gasteiger partial charge in [0.25, 0.3) is 11.8 Å². The van der Waals surface area contributed by atoms with Gasteiger partial charge in [-0.25, -0.2) is 4.39 Å². The van der Waals surface area contributed by atoms with E-state index >= 15 is 0 Å². The zero-order valence-electron chi connectivity index (χ0n) is 17.1. The number of aryl methyl sites for hydroxylation is 1. The molecule has 3 aromatic rings. The lowest BCUT2D eigenvalue weighted by Crippen LogP contribution is -2.31. The summed E-state index contributed by atoms with van der Waals surface area (Å²) in [4.78, 5) is 26.9. The molecule has 0 radical (unpaired) electrons. The van der Waals surface area contributed by atoms with Crippen LogP contribution in [0.1, 0.15) is 46.3 Å². The van der Waals surface area contributed by atoms with Gasteiger partial charge in [-0.2, -0.15) is 0 Å². The molecule has 0 fully saturated rings. The molecule has 8 heteroatoms. The molecule has 4 rings (SSSR count). The van der Waals surface area contributed by atoms with E-state index in [1.807, 2.05) is 0 Å². The van der Waals surface area contributed by atoms with Crippen LogP contribution in [0.25, 0.3) is 0 Å². The summed E-state index contributed by atoms with van der Waals surface area (Å²) in [5.74, 6) is 0.0651. The second kappa shape index (κ2) is 9.34. The molecule has 1 atom stereocenters. The highest BCUT2D eigenvalue weighted by Gasteiger charge is 2.27. The maximum absolute atomic E-state index is 13.1. The van der Waals surface area contributed by atoms with E-state index in [0.29, 0.717) is 22.1 Å². The van der Waals surface area contributed by atoms with Gasteiger partial charge in [0.15, 0.2) is 6.10 Å². The molecule has 31 heavy (non-hydrogen) atoms. The molecule has 1 aliphatic carbocycles. The van der Waals surface area contributed by atoms with Crippen LogP contribution in [-0.4, -0.2) is 17.9 Å². The summed E-state index contributed by atoms with van der Waals surface area (Å²) in [7, 11) is 0. The number of nitrogens with one attached hydrogen (secondary N) is 2. The quantitative estimate of drug-likeness (QED) is 0.556. The molecule has 0 spiro atoms. The number of hydrogen-bond acceptors (Lipinski definition) is 5. The molecule has 2 amide bonds. The Bertz CT molecular complexity index is 1060. The zero-order chi connectivity index (χ0) is 21.8. The molecular weight excluding hydrogens is 419 g/mol. The molecule has 2 N–H and O–H groups in total. The van der Waals surface area contributed by atoms with Crippen molar-refractivity contribution in [2.45, 2.75) is 45.3 Å². The summed E-state index contributed by atoms with van der Waals surface area (Å²) in [5, 5.41) is 6.28. The molecule has 0 aliphatic heterocycles. The molecule has 0 bridgehead atoms. The molecule has 1 aromatic carbocycles. The standard InChI is InChI=1S/C23H23FN2O4S/c1-14(30-16-10-8-15(24)9-11-16)21(27)26-23-20(18-6-2-3-7-19(18)31-23)22(28)25-13-17-5-4-12-29-17/h4-5,8-12,14H,2-3,6-7,13H2,1H3,(H,25,28)(H,26,27). The van der Waals surface area contributed by atoms with E-state index in [4.69, 9.17) is 9.15 Å². The number of thiophene rings is 1. The number of hydrogen-bond donors (Lipinski definition) is 2. The van der Waals surface area contributed by atoms with E-state index in [1.165, 1.54) is 35.6 Å². The van der Waals surface area contributed by atoms with Crippen LogP contribution < -0.4 is 15.4 Å². The van der Waals surface area contributed by atoms with E-state index in [0.717, 1.165) is 36.1 Å². The zero-order valence-corrected chi connectivity index (χ0v) is 17.9. The number of carbonyl (C=O) groups is 2. The van der Waals surface area contributed by atoms with Gasteiger partial charge in [-0.3, -0.25) is 9.59 Å². The normalized spacial score (nSPS) is 13.9. The van der Waals surface area contributed by atoms with Gasteiger partial charge in [0, 0.05) is 4.88 Å². The van der Waals surface area contributed by atoms with E-state index in [2.05, 4.69) is 10.6 Å². The first-order valence-corrected chi connectivity index (χ1v) is 11.0. The van der Waals surface area contributed by atoms with Crippen molar-refractivity contribution in [3.63, 3.8) is 0 Å². The second-order valence-corrected chi connectivity index (χ2v) is 8.49. The smallest absolute Gasteiger partial charge is 0.265 e. The van der Waals surface area contributed by atoms with E-state index in [9.17, 15) is 14.0 Å². The van der Waals surface area contributed by atoms with Crippen molar-refractivity contribution in [3.8, 4) is 5.75 Å². The molecule has 0 saturated carbocycles. The molecule has 1 unspecified atom stereocenters. The number of rotatable bonds is 7. The summed E-state index contributed by atoms with van der Waals surface area (Å²) >= 11 is 1.45. The largest absolute Gasteiger partial charge is 0.481 e. The number of ether oxygens (including phenoxy) is 1. The molecular formula is C23H23FN2O4S. The predicted octanol–water partition coefficient (Wildman–Crippen LogP) is 4.70. The van der Waals surface area contributed by atoms with Crippen molar-refractivity contribution in [1.29, 1.82) is 0 Å². The third-order valence-electron chi connectivity index (χ3n) is 5.13. The summed E-state index contributed by atoms with van der Waals surface area (Å²) in [6.07, 6.45) is 4.53. The Hall–Kier alpha value is -3.13. The van der Waals surface area contributed by atoms with E-state index < -0.39 is 6.10 Å². The number of benzene rings is 1. The Morgan fingerprint density at radius 3 is 2.71 bits per heavy atom. The third kappa shape index (κ3) is 4.96. The number of carbonyl (C=O) groups excluding carboxylic acids is 2. The van der Waals surface area contributed by atoms with E-state index in [1.54, 1.807) is 25.3 Å². The van der Waals surface area contributed by atoms with Gasteiger partial charge < -0.3 is 19.8 Å². The van der Waals surface area contributed by atoms with Gasteiger partial charge in [0.1, 0.15) is 22.3 Å². The maximum atomic E-state index is 13.1. The van der Waals surface area contributed by atoms with Gasteiger partial charge >= 0.3 is 0 Å². The van der Waals surface area contributed by atoms with Gasteiger partial charge in [-0.1, -0.05) is 0 Å². The van der Waals surface area contributed by atoms with Crippen LogP contribution in [0.15, 0.2) is 47.1 Å². The fraction of sp³-hybridized carbons (Fsp3) is 0.304. The first-order chi connectivity index (χ1) is 15.0. The van der Waals surface area contributed by atoms with Crippen molar-refractivity contribution in [2.75, 3.05) is 5.32 Å². The monoisotopic (exact) mass is 442 g/mol. The van der Waals surface area contributed by atoms with E-state index in [-0.39, 0.29) is 24.2 Å². The van der Waals surface area contributed by atoms with Crippen molar-refractivity contribution < 1.29 is 23.1 Å². The van der Waals surface area contributed by atoms with Crippen LogP contribution in [0.2, 0.25) is 0 Å². The first-order valence-electron chi connectivity index (χ1n) is 10.2. The van der Waals surface area contributed by atoms with Crippen molar-refractivity contribution in [2.24, 2.45) is 0 Å². The number of furan rings is 1. The summed E-state index contributed by atoms with van der Waals surface area (Å²) in [6, 6.07) is 9.04. The summed E-state index contributed by atoms with van der Waals surface area (Å²) in [6.45, 7) is 1.89. The SMILES string of the molecule is CC(Oc1ccc(F)cc1)C(=O)Nc1sc2c(c1C(=O)NCc1ccco1)CCCC2. The fourth-order valence-corrected chi connectivity index (χ4v) is 4.84. The maximum Gasteiger partial charge on any atom is 0.265 e. The van der Waals surface area contributed by atoms with Crippen LogP contribution in [0.3, 0.4) is 0 Å². The number of fused-ring (bicyclic) bond motifs is 1. The van der Waals surface area contributed by atoms with Crippen LogP contribution in [0, 0.1) is 5.82 Å². The Morgan fingerprint density at radius 1 is 1.19 bits per heavy atom. The fourth-order valence-electron chi connectivity index (χ4n) is 3.55. The Labute approximate surface area is 183 Å². The van der Waals surface area contributed by atoms with Crippen molar-refractivity contribution in [3.05, 3.63) is 70.2 Å². The number of amides is 2. The first kappa shape index (κ1) is 21.1. The highest BCUT2D eigenvalue weighted by atomic mass is 32.1. The molecule has 162 valence electrons. The summed E-state index contributed by atoms with van der Waals surface area (Å²) < 4.78 is 24.0.